The highest BCUT2D eigenvalue weighted by Crippen LogP contribution is 2.43. The van der Waals surface area contributed by atoms with E-state index in [-0.39, 0.29) is 0 Å². The predicted octanol–water partition coefficient (Wildman–Crippen LogP) is 3.37. The number of anilines is 1. The largest absolute Gasteiger partial charge is 0.497 e. The number of aromatic nitrogens is 2. The fourth-order valence-corrected chi connectivity index (χ4v) is 2.48. The molecule has 5 heteroatoms. The van der Waals surface area contributed by atoms with E-state index in [9.17, 15) is 0 Å². The highest BCUT2D eigenvalue weighted by atomic mass is 79.9. The van der Waals surface area contributed by atoms with E-state index in [1.165, 1.54) is 12.8 Å². The summed E-state index contributed by atoms with van der Waals surface area (Å²) in [5, 5.41) is 0. The first-order valence-electron chi connectivity index (χ1n) is 6.16. The third-order valence-corrected chi connectivity index (χ3v) is 4.03. The summed E-state index contributed by atoms with van der Waals surface area (Å²) in [5.41, 5.74) is 7.93. The molecule has 1 fully saturated rings. The lowest BCUT2D eigenvalue weighted by molar-refractivity contribution is 0.415. The summed E-state index contributed by atoms with van der Waals surface area (Å²) in [6.45, 7) is 0. The highest BCUT2D eigenvalue weighted by Gasteiger charge is 2.29. The van der Waals surface area contributed by atoms with Gasteiger partial charge in [-0.2, -0.15) is 0 Å². The lowest BCUT2D eigenvalue weighted by atomic mass is 10.2. The molecule has 0 radical (unpaired) electrons. The molecule has 0 amide bonds. The summed E-state index contributed by atoms with van der Waals surface area (Å²) in [6, 6.07) is 7.68. The van der Waals surface area contributed by atoms with Crippen LogP contribution in [0.3, 0.4) is 0 Å². The molecule has 1 heterocycles. The van der Waals surface area contributed by atoms with Crippen molar-refractivity contribution in [3.63, 3.8) is 0 Å². The van der Waals surface area contributed by atoms with Crippen molar-refractivity contribution in [3.05, 3.63) is 34.4 Å². The molecule has 1 aliphatic rings. The molecule has 4 nitrogen and oxygen atoms in total. The van der Waals surface area contributed by atoms with Gasteiger partial charge in [0.2, 0.25) is 0 Å². The Morgan fingerprint density at radius 2 is 1.89 bits per heavy atom. The van der Waals surface area contributed by atoms with Gasteiger partial charge in [-0.05, 0) is 53.0 Å². The number of rotatable bonds is 3. The van der Waals surface area contributed by atoms with Gasteiger partial charge in [-0.15, -0.1) is 0 Å². The Hall–Kier alpha value is -1.62. The Bertz CT molecular complexity index is 609. The van der Waals surface area contributed by atoms with E-state index >= 15 is 0 Å². The van der Waals surface area contributed by atoms with Crippen molar-refractivity contribution in [3.8, 4) is 17.1 Å². The summed E-state index contributed by atoms with van der Waals surface area (Å²) in [6.07, 6.45) is 2.36. The van der Waals surface area contributed by atoms with Crippen molar-refractivity contribution in [1.82, 2.24) is 9.97 Å². The van der Waals surface area contributed by atoms with Crippen LogP contribution in [0.5, 0.6) is 5.75 Å². The van der Waals surface area contributed by atoms with Gasteiger partial charge in [0.25, 0.3) is 0 Å². The molecule has 3 rings (SSSR count). The average Bonchev–Trinajstić information content (AvgIpc) is 3.26. The van der Waals surface area contributed by atoms with Crippen molar-refractivity contribution >= 4 is 21.7 Å². The molecule has 1 saturated carbocycles. The number of hydrogen-bond donors (Lipinski definition) is 1. The monoisotopic (exact) mass is 319 g/mol. The molecular formula is C14H14BrN3O. The molecule has 2 aromatic rings. The van der Waals surface area contributed by atoms with Crippen molar-refractivity contribution < 1.29 is 4.74 Å². The van der Waals surface area contributed by atoms with E-state index < -0.39 is 0 Å². The van der Waals surface area contributed by atoms with Crippen LogP contribution in [0.1, 0.15) is 24.5 Å². The highest BCUT2D eigenvalue weighted by molar-refractivity contribution is 9.10. The minimum Gasteiger partial charge on any atom is -0.497 e. The molecular weight excluding hydrogens is 306 g/mol. The Kier molecular flexibility index (Phi) is 3.14. The summed E-state index contributed by atoms with van der Waals surface area (Å²) >= 11 is 3.48. The van der Waals surface area contributed by atoms with Crippen LogP contribution in [-0.4, -0.2) is 17.1 Å². The van der Waals surface area contributed by atoms with Gasteiger partial charge in [-0.1, -0.05) is 0 Å². The molecule has 0 atom stereocenters. The maximum atomic E-state index is 5.96. The Morgan fingerprint density at radius 1 is 1.21 bits per heavy atom. The standard InChI is InChI=1S/C14H14BrN3O/c1-19-10-6-4-9(5-7-10)14-17-12(8-2-3-8)11(15)13(16)18-14/h4-8H,2-3H2,1H3,(H2,16,17,18). The predicted molar refractivity (Wildman–Crippen MR) is 78.1 cm³/mol. The Morgan fingerprint density at radius 3 is 2.47 bits per heavy atom. The molecule has 0 unspecified atom stereocenters. The number of hydrogen-bond acceptors (Lipinski definition) is 4. The van der Waals surface area contributed by atoms with Gasteiger partial charge in [0, 0.05) is 11.5 Å². The van der Waals surface area contributed by atoms with Gasteiger partial charge in [0.15, 0.2) is 5.82 Å². The lowest BCUT2D eigenvalue weighted by Gasteiger charge is -2.08. The maximum Gasteiger partial charge on any atom is 0.161 e. The quantitative estimate of drug-likeness (QED) is 0.942. The van der Waals surface area contributed by atoms with Crippen LogP contribution in [0.25, 0.3) is 11.4 Å². The molecule has 0 aliphatic heterocycles. The normalized spacial score (nSPS) is 14.4. The van der Waals surface area contributed by atoms with Gasteiger partial charge >= 0.3 is 0 Å². The zero-order valence-electron chi connectivity index (χ0n) is 10.6. The van der Waals surface area contributed by atoms with Crippen LogP contribution in [0.15, 0.2) is 28.7 Å². The topological polar surface area (TPSA) is 61.0 Å². The third-order valence-electron chi connectivity index (χ3n) is 3.21. The number of halogens is 1. The zero-order chi connectivity index (χ0) is 13.4. The summed E-state index contributed by atoms with van der Waals surface area (Å²) < 4.78 is 5.99. The smallest absolute Gasteiger partial charge is 0.161 e. The SMILES string of the molecule is COc1ccc(-c2nc(N)c(Br)c(C3CC3)n2)cc1. The van der Waals surface area contributed by atoms with E-state index in [0.29, 0.717) is 17.6 Å². The van der Waals surface area contributed by atoms with Crippen molar-refractivity contribution in [1.29, 1.82) is 0 Å². The van der Waals surface area contributed by atoms with E-state index in [1.807, 2.05) is 24.3 Å². The fourth-order valence-electron chi connectivity index (χ4n) is 1.98. The molecule has 1 aliphatic carbocycles. The first kappa shape index (κ1) is 12.4. The van der Waals surface area contributed by atoms with Crippen molar-refractivity contribution in [2.24, 2.45) is 0 Å². The maximum absolute atomic E-state index is 5.96. The Labute approximate surface area is 120 Å². The van der Waals surface area contributed by atoms with Crippen LogP contribution in [0, 0.1) is 0 Å². The first-order valence-corrected chi connectivity index (χ1v) is 6.95. The number of benzene rings is 1. The molecule has 0 bridgehead atoms. The van der Waals surface area contributed by atoms with Crippen LogP contribution in [0.4, 0.5) is 5.82 Å². The number of nitrogen functional groups attached to an aromatic ring is 1. The lowest BCUT2D eigenvalue weighted by Crippen LogP contribution is -2.02. The summed E-state index contributed by atoms with van der Waals surface area (Å²) in [7, 11) is 1.65. The van der Waals surface area contributed by atoms with Gasteiger partial charge in [-0.3, -0.25) is 0 Å². The number of methoxy groups -OCH3 is 1. The van der Waals surface area contributed by atoms with Crippen LogP contribution >= 0.6 is 15.9 Å². The van der Waals surface area contributed by atoms with E-state index in [2.05, 4.69) is 25.9 Å². The van der Waals surface area contributed by atoms with Gasteiger partial charge in [0.05, 0.1) is 17.3 Å². The van der Waals surface area contributed by atoms with Gasteiger partial charge < -0.3 is 10.5 Å². The van der Waals surface area contributed by atoms with E-state index in [4.69, 9.17) is 10.5 Å². The van der Waals surface area contributed by atoms with Crippen molar-refractivity contribution in [2.75, 3.05) is 12.8 Å². The van der Waals surface area contributed by atoms with E-state index in [1.54, 1.807) is 7.11 Å². The van der Waals surface area contributed by atoms with Crippen LogP contribution < -0.4 is 10.5 Å². The first-order chi connectivity index (χ1) is 9.19. The van der Waals surface area contributed by atoms with Crippen LogP contribution in [-0.2, 0) is 0 Å². The molecule has 19 heavy (non-hydrogen) atoms. The molecule has 98 valence electrons. The Balaban J connectivity index is 2.03. The fraction of sp³-hybridized carbons (Fsp3) is 0.286. The number of nitrogens with zero attached hydrogens (tertiary/aromatic N) is 2. The molecule has 0 spiro atoms. The van der Waals surface area contributed by atoms with Gasteiger partial charge in [-0.25, -0.2) is 9.97 Å². The second kappa shape index (κ2) is 4.81. The zero-order valence-corrected chi connectivity index (χ0v) is 12.1. The van der Waals surface area contributed by atoms with E-state index in [0.717, 1.165) is 21.5 Å². The molecule has 1 aromatic carbocycles. The van der Waals surface area contributed by atoms with Crippen LogP contribution in [0.2, 0.25) is 0 Å². The van der Waals surface area contributed by atoms with Crippen molar-refractivity contribution in [2.45, 2.75) is 18.8 Å². The average molecular weight is 320 g/mol. The number of ether oxygens (including phenoxy) is 1. The second-order valence-electron chi connectivity index (χ2n) is 4.63. The minimum atomic E-state index is 0.503. The number of nitrogens with two attached hydrogens (primary N) is 1. The summed E-state index contributed by atoms with van der Waals surface area (Å²) in [4.78, 5) is 8.99. The summed E-state index contributed by atoms with van der Waals surface area (Å²) in [5.74, 6) is 2.51. The second-order valence-corrected chi connectivity index (χ2v) is 5.43. The van der Waals surface area contributed by atoms with Gasteiger partial charge in [0.1, 0.15) is 11.6 Å². The third kappa shape index (κ3) is 2.42. The minimum absolute atomic E-state index is 0.503. The molecule has 1 aromatic heterocycles. The molecule has 0 saturated heterocycles. The molecule has 2 N–H and O–H groups in total.